The molecule has 0 fully saturated rings. The van der Waals surface area contributed by atoms with E-state index in [9.17, 15) is 14.4 Å². The van der Waals surface area contributed by atoms with E-state index in [0.29, 0.717) is 23.0 Å². The molecule has 0 bridgehead atoms. The van der Waals surface area contributed by atoms with Crippen molar-refractivity contribution in [1.29, 1.82) is 0 Å². The molecule has 0 aliphatic carbocycles. The van der Waals surface area contributed by atoms with Gasteiger partial charge in [-0.3, -0.25) is 14.4 Å². The second kappa shape index (κ2) is 9.70. The Kier molecular flexibility index (Phi) is 6.36. The molecule has 2 N–H and O–H groups in total. The summed E-state index contributed by atoms with van der Waals surface area (Å²) in [5, 5.41) is 10.8. The van der Waals surface area contributed by atoms with Crippen molar-refractivity contribution in [2.75, 3.05) is 6.54 Å². The summed E-state index contributed by atoms with van der Waals surface area (Å²) >= 11 is 0. The van der Waals surface area contributed by atoms with Gasteiger partial charge in [0, 0.05) is 24.9 Å². The molecule has 0 spiro atoms. The highest BCUT2D eigenvalue weighted by molar-refractivity contribution is 6.04. The van der Waals surface area contributed by atoms with Crippen LogP contribution in [0, 0.1) is 0 Å². The van der Waals surface area contributed by atoms with Crippen LogP contribution >= 0.6 is 0 Å². The summed E-state index contributed by atoms with van der Waals surface area (Å²) in [6, 6.07) is 25.4. The number of nitrogens with zero attached hydrogens (tertiary/aromatic N) is 2. The maximum absolute atomic E-state index is 12.9. The first kappa shape index (κ1) is 21.0. The number of nitrogens with one attached hydrogen (secondary N) is 2. The summed E-state index contributed by atoms with van der Waals surface area (Å²) in [7, 11) is 0. The van der Waals surface area contributed by atoms with Gasteiger partial charge in [-0.05, 0) is 23.8 Å². The Morgan fingerprint density at radius 2 is 1.41 bits per heavy atom. The first-order chi connectivity index (χ1) is 15.6. The van der Waals surface area contributed by atoms with Gasteiger partial charge in [0.25, 0.3) is 11.5 Å². The van der Waals surface area contributed by atoms with Gasteiger partial charge in [-0.2, -0.15) is 9.78 Å². The molecule has 1 heterocycles. The van der Waals surface area contributed by atoms with E-state index in [1.54, 1.807) is 48.5 Å². The number of rotatable bonds is 7. The molecule has 7 heteroatoms. The van der Waals surface area contributed by atoms with E-state index in [0.717, 1.165) is 5.56 Å². The van der Waals surface area contributed by atoms with Crippen molar-refractivity contribution in [2.45, 2.75) is 13.0 Å². The van der Waals surface area contributed by atoms with Crippen LogP contribution in [0.15, 0.2) is 89.7 Å². The van der Waals surface area contributed by atoms with Gasteiger partial charge in [-0.25, -0.2) is 0 Å². The van der Waals surface area contributed by atoms with Crippen LogP contribution in [0.3, 0.4) is 0 Å². The first-order valence-corrected chi connectivity index (χ1v) is 10.3. The molecule has 0 saturated carbocycles. The molecule has 0 atom stereocenters. The van der Waals surface area contributed by atoms with E-state index >= 15 is 0 Å². The van der Waals surface area contributed by atoms with Crippen LogP contribution in [-0.4, -0.2) is 28.1 Å². The first-order valence-electron chi connectivity index (χ1n) is 10.3. The van der Waals surface area contributed by atoms with Crippen LogP contribution in [0.25, 0.3) is 16.5 Å². The van der Waals surface area contributed by atoms with Gasteiger partial charge < -0.3 is 10.6 Å². The normalized spacial score (nSPS) is 10.6. The number of amides is 2. The highest BCUT2D eigenvalue weighted by Crippen LogP contribution is 2.15. The number of carbonyl (C=O) groups excluding carboxylic acids is 2. The summed E-state index contributed by atoms with van der Waals surface area (Å²) in [6.45, 7) is 0.585. The molecular formula is C25H22N4O3. The number of fused-ring (bicyclic) bond motifs is 1. The molecule has 1 aromatic heterocycles. The number of benzene rings is 3. The fourth-order valence-electron chi connectivity index (χ4n) is 3.36. The quantitative estimate of drug-likeness (QED) is 0.475. The fraction of sp³-hybridized carbons (Fsp3) is 0.120. The average molecular weight is 426 g/mol. The van der Waals surface area contributed by atoms with Crippen molar-refractivity contribution in [2.24, 2.45) is 0 Å². The Labute approximate surface area is 184 Å². The second-order valence-electron chi connectivity index (χ2n) is 7.21. The van der Waals surface area contributed by atoms with E-state index in [2.05, 4.69) is 15.7 Å². The van der Waals surface area contributed by atoms with Crippen LogP contribution in [0.1, 0.15) is 22.5 Å². The van der Waals surface area contributed by atoms with Crippen LogP contribution < -0.4 is 16.2 Å². The van der Waals surface area contributed by atoms with Crippen molar-refractivity contribution >= 4 is 22.6 Å². The molecular weight excluding hydrogens is 404 g/mol. The lowest BCUT2D eigenvalue weighted by Gasteiger charge is -2.11. The second-order valence-corrected chi connectivity index (χ2v) is 7.21. The number of hydrogen-bond acceptors (Lipinski definition) is 4. The molecule has 0 aliphatic rings. The molecule has 0 aliphatic heterocycles. The van der Waals surface area contributed by atoms with E-state index in [1.165, 1.54) is 4.68 Å². The molecule has 0 saturated heterocycles. The SMILES string of the molecule is O=C(CCNC(=O)c1nn(-c2ccccc2)c(=O)c2ccccc12)NCc1ccccc1. The Morgan fingerprint density at radius 3 is 2.12 bits per heavy atom. The molecule has 7 nitrogen and oxygen atoms in total. The number of para-hydroxylation sites is 1. The minimum atomic E-state index is -0.443. The summed E-state index contributed by atoms with van der Waals surface area (Å²) in [5.41, 5.74) is 1.40. The zero-order chi connectivity index (χ0) is 22.3. The predicted molar refractivity (Wildman–Crippen MR) is 123 cm³/mol. The summed E-state index contributed by atoms with van der Waals surface area (Å²) in [6.07, 6.45) is 0.134. The van der Waals surface area contributed by atoms with E-state index in [4.69, 9.17) is 0 Å². The fourth-order valence-corrected chi connectivity index (χ4v) is 3.36. The van der Waals surface area contributed by atoms with Gasteiger partial charge in [0.2, 0.25) is 5.91 Å². The van der Waals surface area contributed by atoms with Crippen molar-refractivity contribution in [3.8, 4) is 5.69 Å². The average Bonchev–Trinajstić information content (AvgIpc) is 2.84. The Bertz CT molecular complexity index is 1300. The Hall–Kier alpha value is -4.26. The largest absolute Gasteiger partial charge is 0.352 e. The lowest BCUT2D eigenvalue weighted by Crippen LogP contribution is -2.33. The topological polar surface area (TPSA) is 93.1 Å². The zero-order valence-corrected chi connectivity index (χ0v) is 17.3. The van der Waals surface area contributed by atoms with E-state index in [1.807, 2.05) is 36.4 Å². The molecule has 0 radical (unpaired) electrons. The third kappa shape index (κ3) is 4.73. The molecule has 0 unspecified atom stereocenters. The third-order valence-electron chi connectivity index (χ3n) is 4.99. The van der Waals surface area contributed by atoms with Gasteiger partial charge in [0.05, 0.1) is 11.1 Å². The van der Waals surface area contributed by atoms with Crippen LogP contribution in [0.2, 0.25) is 0 Å². The minimum Gasteiger partial charge on any atom is -0.352 e. The van der Waals surface area contributed by atoms with Gasteiger partial charge >= 0.3 is 0 Å². The summed E-state index contributed by atoms with van der Waals surface area (Å²) < 4.78 is 1.23. The van der Waals surface area contributed by atoms with Crippen LogP contribution in [0.5, 0.6) is 0 Å². The molecule has 4 aromatic rings. The Balaban J connectivity index is 1.48. The molecule has 32 heavy (non-hydrogen) atoms. The Morgan fingerprint density at radius 1 is 0.781 bits per heavy atom. The monoisotopic (exact) mass is 426 g/mol. The molecule has 3 aromatic carbocycles. The lowest BCUT2D eigenvalue weighted by atomic mass is 10.1. The maximum Gasteiger partial charge on any atom is 0.279 e. The van der Waals surface area contributed by atoms with Gasteiger partial charge in [-0.1, -0.05) is 66.7 Å². The summed E-state index contributed by atoms with van der Waals surface area (Å²) in [4.78, 5) is 37.9. The molecule has 4 rings (SSSR count). The zero-order valence-electron chi connectivity index (χ0n) is 17.3. The van der Waals surface area contributed by atoms with Gasteiger partial charge in [-0.15, -0.1) is 0 Å². The van der Waals surface area contributed by atoms with Gasteiger partial charge in [0.15, 0.2) is 5.69 Å². The third-order valence-corrected chi connectivity index (χ3v) is 4.99. The highest BCUT2D eigenvalue weighted by atomic mass is 16.2. The van der Waals surface area contributed by atoms with E-state index in [-0.39, 0.29) is 30.1 Å². The smallest absolute Gasteiger partial charge is 0.279 e. The highest BCUT2D eigenvalue weighted by Gasteiger charge is 2.17. The summed E-state index contributed by atoms with van der Waals surface area (Å²) in [5.74, 6) is -0.608. The van der Waals surface area contributed by atoms with Crippen molar-refractivity contribution in [1.82, 2.24) is 20.4 Å². The van der Waals surface area contributed by atoms with Crippen LogP contribution in [0.4, 0.5) is 0 Å². The van der Waals surface area contributed by atoms with Crippen molar-refractivity contribution < 1.29 is 9.59 Å². The lowest BCUT2D eigenvalue weighted by molar-refractivity contribution is -0.121. The number of aromatic nitrogens is 2. The van der Waals surface area contributed by atoms with Crippen LogP contribution in [-0.2, 0) is 11.3 Å². The van der Waals surface area contributed by atoms with Crippen molar-refractivity contribution in [3.05, 3.63) is 107 Å². The molecule has 2 amide bonds. The standard InChI is InChI=1S/C25H22N4O3/c30-22(27-17-18-9-3-1-4-10-18)15-16-26-24(31)23-20-13-7-8-14-21(20)25(32)29(28-23)19-11-5-2-6-12-19/h1-14H,15-17H2,(H,26,31)(H,27,30). The predicted octanol–water partition coefficient (Wildman–Crippen LogP) is 2.82. The maximum atomic E-state index is 12.9. The molecule has 160 valence electrons. The minimum absolute atomic E-state index is 0.133. The number of hydrogen-bond donors (Lipinski definition) is 2. The van der Waals surface area contributed by atoms with Crippen molar-refractivity contribution in [3.63, 3.8) is 0 Å². The van der Waals surface area contributed by atoms with E-state index < -0.39 is 5.91 Å². The number of carbonyl (C=O) groups is 2. The van der Waals surface area contributed by atoms with Gasteiger partial charge in [0.1, 0.15) is 0 Å².